The molecule has 0 radical (unpaired) electrons. The molecule has 0 unspecified atom stereocenters. The van der Waals surface area contributed by atoms with Crippen molar-refractivity contribution in [1.29, 1.82) is 0 Å². The molecular weight excluding hydrogens is 317 g/mol. The van der Waals surface area contributed by atoms with Crippen molar-refractivity contribution in [2.24, 2.45) is 0 Å². The number of nitrogen functional groups attached to an aromatic ring is 1. The smallest absolute Gasteiger partial charge is 0.339 e. The number of hydrogen-bond acceptors (Lipinski definition) is 3. The van der Waals surface area contributed by atoms with Crippen molar-refractivity contribution >= 4 is 27.6 Å². The van der Waals surface area contributed by atoms with E-state index in [4.69, 9.17) is 15.6 Å². The molecule has 0 heterocycles. The Morgan fingerprint density at radius 1 is 1.32 bits per heavy atom. The van der Waals surface area contributed by atoms with Crippen molar-refractivity contribution < 1.29 is 19.0 Å². The fourth-order valence-corrected chi connectivity index (χ4v) is 1.85. The Morgan fingerprint density at radius 3 is 2.68 bits per heavy atom. The molecule has 0 amide bonds. The van der Waals surface area contributed by atoms with Crippen molar-refractivity contribution in [3.05, 3.63) is 52.3 Å². The number of para-hydroxylation sites is 1. The van der Waals surface area contributed by atoms with E-state index in [2.05, 4.69) is 15.9 Å². The Hall–Kier alpha value is -2.08. The molecule has 98 valence electrons. The van der Waals surface area contributed by atoms with E-state index in [1.54, 1.807) is 0 Å². The molecule has 0 aliphatic carbocycles. The number of hydrogen-bond donors (Lipinski definition) is 2. The maximum atomic E-state index is 13.1. The van der Waals surface area contributed by atoms with Gasteiger partial charge >= 0.3 is 5.97 Å². The number of anilines is 1. The topological polar surface area (TPSA) is 72.6 Å². The molecule has 3 N–H and O–H groups in total. The number of carboxylic acid groups (broad SMARTS) is 1. The van der Waals surface area contributed by atoms with Crippen LogP contribution in [-0.2, 0) is 0 Å². The van der Waals surface area contributed by atoms with Crippen molar-refractivity contribution in [1.82, 2.24) is 0 Å². The van der Waals surface area contributed by atoms with Gasteiger partial charge in [-0.25, -0.2) is 9.18 Å². The second-order valence-electron chi connectivity index (χ2n) is 3.71. The number of nitrogens with two attached hydrogens (primary N) is 1. The third-order valence-electron chi connectivity index (χ3n) is 2.39. The molecule has 0 aliphatic rings. The average Bonchev–Trinajstić information content (AvgIpc) is 2.36. The van der Waals surface area contributed by atoms with Crippen molar-refractivity contribution in [3.8, 4) is 11.5 Å². The summed E-state index contributed by atoms with van der Waals surface area (Å²) in [4.78, 5) is 11.1. The van der Waals surface area contributed by atoms with Gasteiger partial charge in [-0.15, -0.1) is 0 Å². The number of halogens is 2. The van der Waals surface area contributed by atoms with Gasteiger partial charge in [-0.3, -0.25) is 0 Å². The zero-order valence-electron chi connectivity index (χ0n) is 9.56. The number of ether oxygens (including phenoxy) is 1. The maximum absolute atomic E-state index is 13.1. The summed E-state index contributed by atoms with van der Waals surface area (Å²) in [6.07, 6.45) is 0. The molecule has 0 aromatic heterocycles. The van der Waals surface area contributed by atoms with Gasteiger partial charge in [0.05, 0.1) is 10.2 Å². The van der Waals surface area contributed by atoms with Crippen LogP contribution in [0, 0.1) is 5.82 Å². The quantitative estimate of drug-likeness (QED) is 0.844. The van der Waals surface area contributed by atoms with Gasteiger partial charge < -0.3 is 15.6 Å². The number of aromatic carboxylic acids is 1. The molecule has 6 heteroatoms. The molecular formula is C13H9BrFNO3. The van der Waals surface area contributed by atoms with Crippen LogP contribution in [0.1, 0.15) is 10.4 Å². The molecule has 2 rings (SSSR count). The Kier molecular flexibility index (Phi) is 3.71. The lowest BCUT2D eigenvalue weighted by Gasteiger charge is -2.11. The molecule has 0 saturated heterocycles. The summed E-state index contributed by atoms with van der Waals surface area (Å²) < 4.78 is 18.8. The predicted octanol–water partition coefficient (Wildman–Crippen LogP) is 3.66. The van der Waals surface area contributed by atoms with E-state index in [1.807, 2.05) is 0 Å². The normalized spacial score (nSPS) is 10.2. The van der Waals surface area contributed by atoms with Gasteiger partial charge in [0.2, 0.25) is 0 Å². The van der Waals surface area contributed by atoms with E-state index >= 15 is 0 Å². The zero-order valence-corrected chi connectivity index (χ0v) is 11.1. The molecule has 0 saturated carbocycles. The Morgan fingerprint density at radius 2 is 2.05 bits per heavy atom. The highest BCUT2D eigenvalue weighted by Gasteiger charge is 2.15. The fourth-order valence-electron chi connectivity index (χ4n) is 1.50. The summed E-state index contributed by atoms with van der Waals surface area (Å²) in [6, 6.07) is 8.42. The van der Waals surface area contributed by atoms with Crippen LogP contribution >= 0.6 is 15.9 Å². The van der Waals surface area contributed by atoms with Crippen molar-refractivity contribution in [2.45, 2.75) is 0 Å². The van der Waals surface area contributed by atoms with Crippen LogP contribution in [0.25, 0.3) is 0 Å². The fraction of sp³-hybridized carbons (Fsp3) is 0. The number of benzene rings is 2. The Balaban J connectivity index is 2.42. The molecule has 0 bridgehead atoms. The van der Waals surface area contributed by atoms with E-state index in [0.717, 1.165) is 0 Å². The minimum absolute atomic E-state index is 0.0357. The van der Waals surface area contributed by atoms with E-state index in [9.17, 15) is 9.18 Å². The first-order chi connectivity index (χ1) is 8.99. The molecule has 4 nitrogen and oxygen atoms in total. The maximum Gasteiger partial charge on any atom is 0.339 e. The summed E-state index contributed by atoms with van der Waals surface area (Å²) in [6.45, 7) is 0. The summed E-state index contributed by atoms with van der Waals surface area (Å²) >= 11 is 3.02. The molecule has 0 atom stereocenters. The first-order valence-corrected chi connectivity index (χ1v) is 6.03. The number of rotatable bonds is 3. The number of carboxylic acids is 1. The summed E-state index contributed by atoms with van der Waals surface area (Å²) in [7, 11) is 0. The SMILES string of the molecule is Nc1cccc(C(=O)O)c1Oc1ccc(F)c(Br)c1. The second-order valence-corrected chi connectivity index (χ2v) is 4.56. The second kappa shape index (κ2) is 5.27. The molecule has 19 heavy (non-hydrogen) atoms. The summed E-state index contributed by atoms with van der Waals surface area (Å²) in [5, 5.41) is 9.06. The minimum atomic E-state index is -1.15. The predicted molar refractivity (Wildman–Crippen MR) is 72.0 cm³/mol. The van der Waals surface area contributed by atoms with Gasteiger partial charge in [-0.1, -0.05) is 6.07 Å². The molecule has 2 aromatic rings. The Labute approximate surface area is 116 Å². The first-order valence-electron chi connectivity index (χ1n) is 5.23. The average molecular weight is 326 g/mol. The minimum Gasteiger partial charge on any atom is -0.478 e. The van der Waals surface area contributed by atoms with Crippen LogP contribution in [-0.4, -0.2) is 11.1 Å². The van der Waals surface area contributed by atoms with E-state index in [-0.39, 0.29) is 27.2 Å². The Bertz CT molecular complexity index is 646. The molecule has 0 fully saturated rings. The lowest BCUT2D eigenvalue weighted by molar-refractivity contribution is 0.0694. The lowest BCUT2D eigenvalue weighted by Crippen LogP contribution is -2.03. The van der Waals surface area contributed by atoms with Gasteiger partial charge in [-0.2, -0.15) is 0 Å². The lowest BCUT2D eigenvalue weighted by atomic mass is 10.1. The van der Waals surface area contributed by atoms with Gasteiger partial charge in [-0.05, 0) is 46.3 Å². The molecule has 0 aliphatic heterocycles. The summed E-state index contributed by atoms with van der Waals surface area (Å²) in [5.74, 6) is -1.27. The largest absolute Gasteiger partial charge is 0.478 e. The van der Waals surface area contributed by atoms with E-state index in [1.165, 1.54) is 36.4 Å². The van der Waals surface area contributed by atoms with Crippen LogP contribution in [0.4, 0.5) is 10.1 Å². The monoisotopic (exact) mass is 325 g/mol. The third kappa shape index (κ3) is 2.85. The highest BCUT2D eigenvalue weighted by Crippen LogP contribution is 2.33. The van der Waals surface area contributed by atoms with Crippen LogP contribution in [0.2, 0.25) is 0 Å². The van der Waals surface area contributed by atoms with Gasteiger partial charge in [0.25, 0.3) is 0 Å². The van der Waals surface area contributed by atoms with Crippen molar-refractivity contribution in [3.63, 3.8) is 0 Å². The third-order valence-corrected chi connectivity index (χ3v) is 2.99. The van der Waals surface area contributed by atoms with Crippen LogP contribution in [0.3, 0.4) is 0 Å². The van der Waals surface area contributed by atoms with E-state index in [0.29, 0.717) is 0 Å². The highest BCUT2D eigenvalue weighted by atomic mass is 79.9. The zero-order chi connectivity index (χ0) is 14.0. The van der Waals surface area contributed by atoms with Crippen LogP contribution < -0.4 is 10.5 Å². The van der Waals surface area contributed by atoms with Gasteiger partial charge in [0.1, 0.15) is 17.1 Å². The number of carbonyl (C=O) groups is 1. The van der Waals surface area contributed by atoms with Crippen LogP contribution in [0.5, 0.6) is 11.5 Å². The summed E-state index contributed by atoms with van der Waals surface area (Å²) in [5.41, 5.74) is 5.84. The molecule has 0 spiro atoms. The van der Waals surface area contributed by atoms with Gasteiger partial charge in [0, 0.05) is 0 Å². The highest BCUT2D eigenvalue weighted by molar-refractivity contribution is 9.10. The van der Waals surface area contributed by atoms with Gasteiger partial charge in [0.15, 0.2) is 5.75 Å². The molecule has 2 aromatic carbocycles. The van der Waals surface area contributed by atoms with E-state index < -0.39 is 11.8 Å². The first kappa shape index (κ1) is 13.4. The van der Waals surface area contributed by atoms with Crippen LogP contribution in [0.15, 0.2) is 40.9 Å². The van der Waals surface area contributed by atoms with Crippen molar-refractivity contribution in [2.75, 3.05) is 5.73 Å². The standard InChI is InChI=1S/C13H9BrFNO3/c14-9-6-7(4-5-10(9)15)19-12-8(13(17)18)2-1-3-11(12)16/h1-6H,16H2,(H,17,18).